The number of fused-ring (bicyclic) bond motifs is 1. The molecule has 0 bridgehead atoms. The molecule has 34 heavy (non-hydrogen) atoms. The topological polar surface area (TPSA) is 72.6 Å². The molecule has 4 aromatic rings. The highest BCUT2D eigenvalue weighted by atomic mass is 16.5. The van der Waals surface area contributed by atoms with E-state index in [9.17, 15) is 4.79 Å². The van der Waals surface area contributed by atoms with E-state index in [4.69, 9.17) is 19.2 Å². The maximum absolute atomic E-state index is 11.0. The number of nitrogens with zero attached hydrogens (tertiary/aromatic N) is 1. The van der Waals surface area contributed by atoms with Crippen LogP contribution in [0.2, 0.25) is 0 Å². The molecule has 0 aliphatic heterocycles. The highest BCUT2D eigenvalue weighted by molar-refractivity contribution is 5.76. The molecule has 1 N–H and O–H groups in total. The van der Waals surface area contributed by atoms with Crippen molar-refractivity contribution in [1.82, 2.24) is 4.98 Å². The summed E-state index contributed by atoms with van der Waals surface area (Å²) in [4.78, 5) is 15.9. The van der Waals surface area contributed by atoms with E-state index in [1.807, 2.05) is 60.7 Å². The summed E-state index contributed by atoms with van der Waals surface area (Å²) in [5.41, 5.74) is 5.33. The number of rotatable bonds is 8. The van der Waals surface area contributed by atoms with Crippen molar-refractivity contribution >= 4 is 5.97 Å². The van der Waals surface area contributed by atoms with E-state index >= 15 is 0 Å². The van der Waals surface area contributed by atoms with Crippen LogP contribution in [0.1, 0.15) is 42.2 Å². The van der Waals surface area contributed by atoms with Crippen LogP contribution in [0.5, 0.6) is 5.75 Å². The summed E-state index contributed by atoms with van der Waals surface area (Å²) >= 11 is 0. The van der Waals surface area contributed by atoms with Gasteiger partial charge in [-0.15, -0.1) is 0 Å². The Kier molecular flexibility index (Phi) is 6.43. The normalized spacial score (nSPS) is 15.0. The van der Waals surface area contributed by atoms with Crippen LogP contribution < -0.4 is 4.74 Å². The monoisotopic (exact) mass is 453 g/mol. The number of carbonyl (C=O) groups is 1. The molecule has 172 valence electrons. The number of aliphatic carboxylic acids is 1. The highest BCUT2D eigenvalue weighted by Gasteiger charge is 2.24. The van der Waals surface area contributed by atoms with Gasteiger partial charge in [-0.3, -0.25) is 0 Å². The van der Waals surface area contributed by atoms with Crippen LogP contribution >= 0.6 is 0 Å². The molecule has 0 saturated heterocycles. The molecule has 1 aliphatic rings. The van der Waals surface area contributed by atoms with Gasteiger partial charge in [0.15, 0.2) is 18.3 Å². The summed E-state index contributed by atoms with van der Waals surface area (Å²) in [6.45, 7) is -0.317. The number of hydrogen-bond acceptors (Lipinski definition) is 4. The van der Waals surface area contributed by atoms with Crippen LogP contribution in [0.3, 0.4) is 0 Å². The number of carboxylic acid groups (broad SMARTS) is 1. The van der Waals surface area contributed by atoms with Crippen LogP contribution in [0.15, 0.2) is 83.3 Å². The number of carboxylic acids is 1. The van der Waals surface area contributed by atoms with Crippen molar-refractivity contribution in [2.75, 3.05) is 6.61 Å². The Morgan fingerprint density at radius 1 is 0.971 bits per heavy atom. The van der Waals surface area contributed by atoms with E-state index in [0.717, 1.165) is 66.1 Å². The third-order valence-corrected chi connectivity index (χ3v) is 6.40. The van der Waals surface area contributed by atoms with Crippen molar-refractivity contribution in [3.8, 4) is 28.3 Å². The minimum absolute atomic E-state index is 0.317. The molecule has 1 aliphatic carbocycles. The van der Waals surface area contributed by atoms with E-state index in [1.165, 1.54) is 5.56 Å². The number of benzene rings is 3. The summed E-state index contributed by atoms with van der Waals surface area (Å²) in [5.74, 6) is 1.64. The SMILES string of the molecule is O=C(O)COc1cccc2c1CCCC2CCc1nc(-c2ccccc2)c(-c2ccccc2)o1. The Morgan fingerprint density at radius 2 is 1.71 bits per heavy atom. The van der Waals surface area contributed by atoms with E-state index in [0.29, 0.717) is 11.7 Å². The largest absolute Gasteiger partial charge is 0.482 e. The number of hydrogen-bond donors (Lipinski definition) is 1. The first kappa shape index (κ1) is 22.0. The molecule has 3 aromatic carbocycles. The molecule has 5 nitrogen and oxygen atoms in total. The van der Waals surface area contributed by atoms with Gasteiger partial charge in [0.1, 0.15) is 11.4 Å². The summed E-state index contributed by atoms with van der Waals surface area (Å²) in [7, 11) is 0. The van der Waals surface area contributed by atoms with Crippen LogP contribution in [0, 0.1) is 0 Å². The maximum atomic E-state index is 11.0. The van der Waals surface area contributed by atoms with Gasteiger partial charge in [-0.1, -0.05) is 72.8 Å². The lowest BCUT2D eigenvalue weighted by Gasteiger charge is -2.26. The molecule has 0 amide bonds. The maximum Gasteiger partial charge on any atom is 0.341 e. The smallest absolute Gasteiger partial charge is 0.341 e. The number of aryl methyl sites for hydroxylation is 1. The van der Waals surface area contributed by atoms with Crippen molar-refractivity contribution in [3.05, 3.63) is 95.9 Å². The highest BCUT2D eigenvalue weighted by Crippen LogP contribution is 2.40. The molecule has 5 rings (SSSR count). The third kappa shape index (κ3) is 4.74. The Bertz CT molecular complexity index is 1210. The first-order valence-corrected chi connectivity index (χ1v) is 11.8. The molecule has 1 aromatic heterocycles. The van der Waals surface area contributed by atoms with Crippen LogP contribution in [0.4, 0.5) is 0 Å². The zero-order valence-electron chi connectivity index (χ0n) is 18.9. The molecular weight excluding hydrogens is 426 g/mol. The van der Waals surface area contributed by atoms with E-state index in [2.05, 4.69) is 18.2 Å². The second kappa shape index (κ2) is 9.96. The van der Waals surface area contributed by atoms with Crippen LogP contribution in [0.25, 0.3) is 22.6 Å². The van der Waals surface area contributed by atoms with Gasteiger partial charge < -0.3 is 14.3 Å². The van der Waals surface area contributed by atoms with Gasteiger partial charge in [0, 0.05) is 17.5 Å². The third-order valence-electron chi connectivity index (χ3n) is 6.40. The fourth-order valence-corrected chi connectivity index (χ4v) is 4.83. The minimum atomic E-state index is -0.961. The summed E-state index contributed by atoms with van der Waals surface area (Å²) in [6, 6.07) is 26.2. The molecule has 0 fully saturated rings. The van der Waals surface area contributed by atoms with Crippen LogP contribution in [-0.2, 0) is 17.6 Å². The first-order valence-electron chi connectivity index (χ1n) is 11.8. The second-order valence-electron chi connectivity index (χ2n) is 8.65. The molecular formula is C29H27NO4. The summed E-state index contributed by atoms with van der Waals surface area (Å²) < 4.78 is 11.9. The van der Waals surface area contributed by atoms with Gasteiger partial charge in [0.25, 0.3) is 0 Å². The lowest BCUT2D eigenvalue weighted by atomic mass is 9.80. The van der Waals surface area contributed by atoms with Crippen molar-refractivity contribution in [1.29, 1.82) is 0 Å². The van der Waals surface area contributed by atoms with E-state index in [-0.39, 0.29) is 6.61 Å². The minimum Gasteiger partial charge on any atom is -0.482 e. The zero-order valence-corrected chi connectivity index (χ0v) is 18.9. The number of aromatic nitrogens is 1. The van der Waals surface area contributed by atoms with Gasteiger partial charge in [0.05, 0.1) is 0 Å². The zero-order chi connectivity index (χ0) is 23.3. The van der Waals surface area contributed by atoms with Crippen LogP contribution in [-0.4, -0.2) is 22.7 Å². The molecule has 0 radical (unpaired) electrons. The molecule has 0 saturated carbocycles. The van der Waals surface area contributed by atoms with Crippen molar-refractivity contribution in [3.63, 3.8) is 0 Å². The lowest BCUT2D eigenvalue weighted by molar-refractivity contribution is -0.139. The van der Waals surface area contributed by atoms with Gasteiger partial charge in [-0.25, -0.2) is 9.78 Å². The number of oxazole rings is 1. The fourth-order valence-electron chi connectivity index (χ4n) is 4.83. The fraction of sp³-hybridized carbons (Fsp3) is 0.241. The summed E-state index contributed by atoms with van der Waals surface area (Å²) in [5, 5.41) is 8.99. The van der Waals surface area contributed by atoms with E-state index in [1.54, 1.807) is 0 Å². The Labute approximate surface area is 199 Å². The standard InChI is InChI=1S/C29H27NO4/c31-27(32)19-33-25-16-8-14-23-20(13-7-15-24(23)25)17-18-26-30-28(21-9-3-1-4-10-21)29(34-26)22-11-5-2-6-12-22/h1-6,8-12,14,16,20H,7,13,15,17-19H2,(H,31,32). The van der Waals surface area contributed by atoms with Gasteiger partial charge >= 0.3 is 5.97 Å². The lowest BCUT2D eigenvalue weighted by Crippen LogP contribution is -2.15. The van der Waals surface area contributed by atoms with Gasteiger partial charge in [-0.2, -0.15) is 0 Å². The molecule has 1 heterocycles. The molecule has 5 heteroatoms. The predicted octanol–water partition coefficient (Wildman–Crippen LogP) is 6.52. The molecule has 0 spiro atoms. The Morgan fingerprint density at radius 3 is 2.44 bits per heavy atom. The average Bonchev–Trinajstić information content (AvgIpc) is 3.31. The quantitative estimate of drug-likeness (QED) is 0.329. The Hall–Kier alpha value is -3.86. The van der Waals surface area contributed by atoms with Crippen molar-refractivity contribution < 1.29 is 19.1 Å². The Balaban J connectivity index is 1.39. The first-order chi connectivity index (χ1) is 16.7. The molecule has 1 atom stereocenters. The van der Waals surface area contributed by atoms with E-state index < -0.39 is 5.97 Å². The van der Waals surface area contributed by atoms with Gasteiger partial charge in [-0.05, 0) is 48.8 Å². The van der Waals surface area contributed by atoms with Gasteiger partial charge in [0.2, 0.25) is 0 Å². The number of ether oxygens (including phenoxy) is 1. The second-order valence-corrected chi connectivity index (χ2v) is 8.65. The summed E-state index contributed by atoms with van der Waals surface area (Å²) in [6.07, 6.45) is 4.71. The molecule has 1 unspecified atom stereocenters. The van der Waals surface area contributed by atoms with Crippen molar-refractivity contribution in [2.24, 2.45) is 0 Å². The van der Waals surface area contributed by atoms with Crippen molar-refractivity contribution in [2.45, 2.75) is 38.0 Å². The predicted molar refractivity (Wildman–Crippen MR) is 131 cm³/mol. The average molecular weight is 454 g/mol.